The van der Waals surface area contributed by atoms with E-state index < -0.39 is 11.5 Å². The van der Waals surface area contributed by atoms with Crippen molar-refractivity contribution in [3.05, 3.63) is 82.7 Å². The molecule has 0 aliphatic rings. The second-order valence-corrected chi connectivity index (χ2v) is 5.56. The lowest BCUT2D eigenvalue weighted by atomic mass is 10.2. The Morgan fingerprint density at radius 3 is 2.50 bits per heavy atom. The maximum Gasteiger partial charge on any atom is 0.286 e. The number of carbonyl (C=O) groups excluding carboxylic acids is 1. The molecule has 4 aromatic heterocycles. The number of carbonyl (C=O) groups is 1. The number of aryl methyl sites for hydroxylation is 1. The minimum atomic E-state index is -0.554. The van der Waals surface area contributed by atoms with Gasteiger partial charge in [-0.3, -0.25) is 9.59 Å². The van der Waals surface area contributed by atoms with Crippen molar-refractivity contribution in [2.45, 2.75) is 6.92 Å². The summed E-state index contributed by atoms with van der Waals surface area (Å²) in [5.41, 5.74) is 0.273. The van der Waals surface area contributed by atoms with Crippen molar-refractivity contribution >= 4 is 17.4 Å². The third-order valence-corrected chi connectivity index (χ3v) is 3.87. The van der Waals surface area contributed by atoms with E-state index in [-0.39, 0.29) is 5.56 Å². The molecule has 0 radical (unpaired) electrons. The van der Waals surface area contributed by atoms with E-state index in [9.17, 15) is 9.59 Å². The van der Waals surface area contributed by atoms with Gasteiger partial charge in [-0.05, 0) is 31.2 Å². The summed E-state index contributed by atoms with van der Waals surface area (Å²) < 4.78 is 2.88. The molecule has 8 nitrogen and oxygen atoms in total. The fourth-order valence-electron chi connectivity index (χ4n) is 2.70. The maximum atomic E-state index is 13.0. The summed E-state index contributed by atoms with van der Waals surface area (Å²) in [5, 5.41) is 2.63. The Labute approximate surface area is 147 Å². The molecule has 0 aliphatic heterocycles. The predicted molar refractivity (Wildman–Crippen MR) is 95.5 cm³/mol. The fraction of sp³-hybridized carbons (Fsp3) is 0.0556. The number of hydrogen-bond donors (Lipinski definition) is 1. The van der Waals surface area contributed by atoms with Crippen molar-refractivity contribution in [1.82, 2.24) is 24.1 Å². The molecular weight excluding hydrogens is 332 g/mol. The van der Waals surface area contributed by atoms with E-state index in [1.807, 2.05) is 6.07 Å². The van der Waals surface area contributed by atoms with Gasteiger partial charge in [0.05, 0.1) is 5.69 Å². The summed E-state index contributed by atoms with van der Waals surface area (Å²) in [6.07, 6.45) is 4.87. The van der Waals surface area contributed by atoms with Crippen molar-refractivity contribution in [2.24, 2.45) is 0 Å². The van der Waals surface area contributed by atoms with Crippen LogP contribution in [-0.4, -0.2) is 30.1 Å². The zero-order valence-electron chi connectivity index (χ0n) is 13.8. The van der Waals surface area contributed by atoms with E-state index in [1.54, 1.807) is 66.6 Å². The Morgan fingerprint density at radius 2 is 1.81 bits per heavy atom. The SMILES string of the molecule is Cc1nc2ccn(-c3ccccn3)n2c(=O)c1C(=O)Nc1ccccn1. The first kappa shape index (κ1) is 15.7. The number of hydrogen-bond acceptors (Lipinski definition) is 5. The van der Waals surface area contributed by atoms with Crippen LogP contribution in [0.25, 0.3) is 11.5 Å². The number of aromatic nitrogens is 5. The van der Waals surface area contributed by atoms with Crippen molar-refractivity contribution in [1.29, 1.82) is 0 Å². The molecule has 0 unspecified atom stereocenters. The minimum absolute atomic E-state index is 0.0379. The summed E-state index contributed by atoms with van der Waals surface area (Å²) in [4.78, 5) is 38.3. The molecule has 0 aromatic carbocycles. The first-order chi connectivity index (χ1) is 12.6. The average Bonchev–Trinajstić information content (AvgIpc) is 3.07. The van der Waals surface area contributed by atoms with Crippen LogP contribution in [0, 0.1) is 6.92 Å². The zero-order chi connectivity index (χ0) is 18.1. The highest BCUT2D eigenvalue weighted by Gasteiger charge is 2.20. The van der Waals surface area contributed by atoms with Crippen LogP contribution in [0.2, 0.25) is 0 Å². The number of fused-ring (bicyclic) bond motifs is 1. The quantitative estimate of drug-likeness (QED) is 0.611. The number of rotatable bonds is 3. The highest BCUT2D eigenvalue weighted by molar-refractivity contribution is 6.04. The van der Waals surface area contributed by atoms with E-state index in [4.69, 9.17) is 0 Å². The van der Waals surface area contributed by atoms with Gasteiger partial charge in [0.1, 0.15) is 11.4 Å². The lowest BCUT2D eigenvalue weighted by molar-refractivity contribution is 0.102. The molecule has 0 spiro atoms. The molecule has 0 bridgehead atoms. The van der Waals surface area contributed by atoms with Crippen LogP contribution in [0.3, 0.4) is 0 Å². The molecule has 0 aliphatic carbocycles. The van der Waals surface area contributed by atoms with Gasteiger partial charge in [-0.25, -0.2) is 19.6 Å². The maximum absolute atomic E-state index is 13.0. The molecule has 26 heavy (non-hydrogen) atoms. The van der Waals surface area contributed by atoms with E-state index in [0.717, 1.165) is 0 Å². The molecule has 0 atom stereocenters. The summed E-state index contributed by atoms with van der Waals surface area (Å²) in [7, 11) is 0. The van der Waals surface area contributed by atoms with Crippen LogP contribution < -0.4 is 10.9 Å². The molecule has 0 saturated carbocycles. The highest BCUT2D eigenvalue weighted by atomic mass is 16.2. The van der Waals surface area contributed by atoms with E-state index in [0.29, 0.717) is 23.0 Å². The van der Waals surface area contributed by atoms with Gasteiger partial charge in [-0.1, -0.05) is 12.1 Å². The van der Waals surface area contributed by atoms with Gasteiger partial charge in [0.25, 0.3) is 11.5 Å². The standard InChI is InChI=1S/C18H14N6O2/c1-12-16(17(25)22-13-6-2-4-9-19-13)18(26)24-15(21-12)8-11-23(24)14-7-3-5-10-20-14/h2-11H,1H3,(H,19,22,25). The van der Waals surface area contributed by atoms with Crippen molar-refractivity contribution in [3.8, 4) is 5.82 Å². The van der Waals surface area contributed by atoms with Crippen LogP contribution in [0.15, 0.2) is 65.8 Å². The van der Waals surface area contributed by atoms with Crippen LogP contribution in [-0.2, 0) is 0 Å². The van der Waals surface area contributed by atoms with Crippen LogP contribution in [0.5, 0.6) is 0 Å². The summed E-state index contributed by atoms with van der Waals surface area (Å²) >= 11 is 0. The van der Waals surface area contributed by atoms with Gasteiger partial charge >= 0.3 is 0 Å². The molecule has 8 heteroatoms. The van der Waals surface area contributed by atoms with Crippen LogP contribution >= 0.6 is 0 Å². The summed E-state index contributed by atoms with van der Waals surface area (Å²) in [6, 6.07) is 12.2. The average molecular weight is 346 g/mol. The molecule has 1 N–H and O–H groups in total. The monoisotopic (exact) mass is 346 g/mol. The molecular formula is C18H14N6O2. The van der Waals surface area contributed by atoms with Crippen LogP contribution in [0.4, 0.5) is 5.82 Å². The molecule has 4 rings (SSSR count). The summed E-state index contributed by atoms with van der Waals surface area (Å²) in [5.74, 6) is 0.356. The zero-order valence-corrected chi connectivity index (χ0v) is 13.8. The number of nitrogens with one attached hydrogen (secondary N) is 1. The second kappa shape index (κ2) is 6.25. The summed E-state index contributed by atoms with van der Waals surface area (Å²) in [6.45, 7) is 1.63. The molecule has 4 heterocycles. The first-order valence-electron chi connectivity index (χ1n) is 7.90. The Morgan fingerprint density at radius 1 is 1.04 bits per heavy atom. The van der Waals surface area contributed by atoms with Gasteiger partial charge in [0, 0.05) is 24.7 Å². The highest BCUT2D eigenvalue weighted by Crippen LogP contribution is 2.10. The molecule has 1 amide bonds. The van der Waals surface area contributed by atoms with Gasteiger partial charge in [-0.15, -0.1) is 0 Å². The van der Waals surface area contributed by atoms with E-state index >= 15 is 0 Å². The Kier molecular flexibility index (Phi) is 3.77. The largest absolute Gasteiger partial charge is 0.306 e. The Balaban J connectivity index is 1.85. The van der Waals surface area contributed by atoms with Crippen LogP contribution in [0.1, 0.15) is 16.1 Å². The second-order valence-electron chi connectivity index (χ2n) is 5.56. The fourth-order valence-corrected chi connectivity index (χ4v) is 2.70. The Hall–Kier alpha value is -3.81. The number of anilines is 1. The number of nitrogens with zero attached hydrogens (tertiary/aromatic N) is 5. The number of pyridine rings is 2. The van der Waals surface area contributed by atoms with E-state index in [2.05, 4.69) is 20.3 Å². The normalized spacial score (nSPS) is 10.8. The lowest BCUT2D eigenvalue weighted by Gasteiger charge is -2.09. The molecule has 4 aromatic rings. The van der Waals surface area contributed by atoms with Gasteiger partial charge in [0.15, 0.2) is 11.5 Å². The Bertz CT molecular complexity index is 1150. The number of amides is 1. The van der Waals surface area contributed by atoms with Gasteiger partial charge in [-0.2, -0.15) is 4.52 Å². The molecule has 0 saturated heterocycles. The molecule has 128 valence electrons. The minimum Gasteiger partial charge on any atom is -0.306 e. The third-order valence-electron chi connectivity index (χ3n) is 3.87. The van der Waals surface area contributed by atoms with Crippen molar-refractivity contribution < 1.29 is 4.79 Å². The van der Waals surface area contributed by atoms with Gasteiger partial charge in [0.2, 0.25) is 0 Å². The lowest BCUT2D eigenvalue weighted by Crippen LogP contribution is -2.31. The molecule has 0 fully saturated rings. The first-order valence-corrected chi connectivity index (χ1v) is 7.90. The third kappa shape index (κ3) is 2.63. The topological polar surface area (TPSA) is 94.2 Å². The van der Waals surface area contributed by atoms with E-state index in [1.165, 1.54) is 4.52 Å². The van der Waals surface area contributed by atoms with Crippen molar-refractivity contribution in [3.63, 3.8) is 0 Å². The smallest absolute Gasteiger partial charge is 0.286 e. The predicted octanol–water partition coefficient (Wildman–Crippen LogP) is 1.84. The van der Waals surface area contributed by atoms with Gasteiger partial charge < -0.3 is 5.32 Å². The van der Waals surface area contributed by atoms with Crippen molar-refractivity contribution in [2.75, 3.05) is 5.32 Å².